The van der Waals surface area contributed by atoms with Crippen LogP contribution in [0.3, 0.4) is 0 Å². The smallest absolute Gasteiger partial charge is 0.339 e. The first-order valence-corrected chi connectivity index (χ1v) is 12.6. The van der Waals surface area contributed by atoms with E-state index in [1.807, 2.05) is 0 Å². The van der Waals surface area contributed by atoms with Crippen LogP contribution in [0.2, 0.25) is 0 Å². The Labute approximate surface area is 248 Å². The van der Waals surface area contributed by atoms with Crippen molar-refractivity contribution >= 4 is 22.9 Å². The SMILES string of the molecule is O=C(OC1C(Oc2c(-c3ccc(O)c(O)c3)oc3cc(O)cc(O)c3c2=O)OC(C(=O)O)C(O)C1O)c1cc(O)c(O)c(O)c1. The molecule has 1 aliphatic heterocycles. The van der Waals surface area contributed by atoms with Crippen molar-refractivity contribution in [3.63, 3.8) is 0 Å². The van der Waals surface area contributed by atoms with E-state index in [9.17, 15) is 65.4 Å². The predicted octanol–water partition coefficient (Wildman–Crippen LogP) is 0.535. The zero-order chi connectivity index (χ0) is 32.9. The second-order valence-corrected chi connectivity index (χ2v) is 9.73. The quantitative estimate of drug-likeness (QED) is 0.103. The van der Waals surface area contributed by atoms with Gasteiger partial charge in [0.15, 0.2) is 46.7 Å². The molecule has 1 saturated heterocycles. The monoisotopic (exact) mass is 630 g/mol. The molecule has 10 N–H and O–H groups in total. The number of esters is 1. The number of fused-ring (bicyclic) bond motifs is 1. The minimum atomic E-state index is -2.27. The van der Waals surface area contributed by atoms with Crippen LogP contribution in [0, 0.1) is 0 Å². The fourth-order valence-corrected chi connectivity index (χ4v) is 4.52. The summed E-state index contributed by atoms with van der Waals surface area (Å²) >= 11 is 0. The lowest BCUT2D eigenvalue weighted by molar-refractivity contribution is -0.270. The van der Waals surface area contributed by atoms with Crippen LogP contribution >= 0.6 is 0 Å². The maximum atomic E-state index is 13.7. The van der Waals surface area contributed by atoms with Gasteiger partial charge in [0.2, 0.25) is 17.5 Å². The van der Waals surface area contributed by atoms with Crippen LogP contribution in [-0.2, 0) is 14.3 Å². The lowest BCUT2D eigenvalue weighted by Crippen LogP contribution is -2.62. The second-order valence-electron chi connectivity index (χ2n) is 9.73. The Balaban J connectivity index is 1.65. The van der Waals surface area contributed by atoms with E-state index in [4.69, 9.17) is 18.6 Å². The van der Waals surface area contributed by atoms with Gasteiger partial charge in [0, 0.05) is 17.7 Å². The molecule has 1 aliphatic rings. The largest absolute Gasteiger partial charge is 0.508 e. The van der Waals surface area contributed by atoms with Crippen LogP contribution in [0.25, 0.3) is 22.3 Å². The van der Waals surface area contributed by atoms with E-state index in [-0.39, 0.29) is 5.56 Å². The summed E-state index contributed by atoms with van der Waals surface area (Å²) in [6.45, 7) is 0. The van der Waals surface area contributed by atoms with Crippen LogP contribution in [0.4, 0.5) is 0 Å². The average Bonchev–Trinajstić information content (AvgIpc) is 2.97. The zero-order valence-electron chi connectivity index (χ0n) is 22.3. The van der Waals surface area contributed by atoms with E-state index >= 15 is 0 Å². The number of phenols is 7. The summed E-state index contributed by atoms with van der Waals surface area (Å²) in [5.41, 5.74) is -2.33. The molecule has 0 spiro atoms. The Morgan fingerprint density at radius 2 is 1.44 bits per heavy atom. The number of hydrogen-bond donors (Lipinski definition) is 10. The Morgan fingerprint density at radius 3 is 2.07 bits per heavy atom. The van der Waals surface area contributed by atoms with Gasteiger partial charge in [-0.3, -0.25) is 4.79 Å². The lowest BCUT2D eigenvalue weighted by Gasteiger charge is -2.40. The van der Waals surface area contributed by atoms with Crippen molar-refractivity contribution in [2.75, 3.05) is 0 Å². The minimum absolute atomic E-state index is 0.156. The summed E-state index contributed by atoms with van der Waals surface area (Å²) in [6, 6.07) is 6.17. The molecule has 5 atom stereocenters. The highest BCUT2D eigenvalue weighted by Gasteiger charge is 2.51. The molecule has 4 aromatic rings. The molecule has 0 saturated carbocycles. The molecule has 5 rings (SSSR count). The fraction of sp³-hybridized carbons (Fsp3) is 0.179. The van der Waals surface area contributed by atoms with Crippen molar-refractivity contribution in [1.29, 1.82) is 0 Å². The van der Waals surface area contributed by atoms with E-state index in [0.717, 1.165) is 30.3 Å². The number of aliphatic carboxylic acids is 1. The summed E-state index contributed by atoms with van der Waals surface area (Å²) in [5, 5.41) is 99.5. The zero-order valence-corrected chi connectivity index (χ0v) is 22.3. The highest BCUT2D eigenvalue weighted by molar-refractivity contribution is 5.91. The van der Waals surface area contributed by atoms with Crippen LogP contribution in [0.15, 0.2) is 51.7 Å². The standard InChI is InChI=1S/C28H22O17/c29-10-6-13(32)17-16(7-10)42-22(8-1-2-11(30)12(31)3-8)23(19(17)36)44-28-25(21(38)20(37)24(45-28)26(39)40)43-27(41)9-4-14(33)18(35)15(34)5-9/h1-7,20-21,24-25,28-35,37-38H,(H,39,40). The average molecular weight is 630 g/mol. The summed E-state index contributed by atoms with van der Waals surface area (Å²) in [7, 11) is 0. The van der Waals surface area contributed by atoms with E-state index < -0.39 is 116 Å². The Kier molecular flexibility index (Phi) is 7.67. The molecule has 0 amide bonds. The highest BCUT2D eigenvalue weighted by atomic mass is 16.7. The number of carbonyl (C=O) groups excluding carboxylic acids is 1. The van der Waals surface area contributed by atoms with Gasteiger partial charge in [0.25, 0.3) is 0 Å². The van der Waals surface area contributed by atoms with Gasteiger partial charge in [-0.1, -0.05) is 0 Å². The molecule has 236 valence electrons. The number of carbonyl (C=O) groups is 2. The first-order chi connectivity index (χ1) is 21.2. The number of aliphatic hydroxyl groups excluding tert-OH is 2. The van der Waals surface area contributed by atoms with Crippen molar-refractivity contribution in [2.24, 2.45) is 0 Å². The van der Waals surface area contributed by atoms with Crippen LogP contribution in [0.1, 0.15) is 10.4 Å². The van der Waals surface area contributed by atoms with Gasteiger partial charge in [-0.25, -0.2) is 9.59 Å². The number of rotatable bonds is 6. The molecular weight excluding hydrogens is 608 g/mol. The molecule has 0 bridgehead atoms. The van der Waals surface area contributed by atoms with Gasteiger partial charge in [-0.05, 0) is 30.3 Å². The molecule has 2 heterocycles. The third-order valence-corrected chi connectivity index (χ3v) is 6.73. The van der Waals surface area contributed by atoms with Crippen molar-refractivity contribution in [3.8, 4) is 57.3 Å². The van der Waals surface area contributed by atoms with Crippen molar-refractivity contribution in [2.45, 2.75) is 30.7 Å². The Bertz CT molecular complexity index is 1870. The van der Waals surface area contributed by atoms with Crippen molar-refractivity contribution in [3.05, 3.63) is 58.3 Å². The molecule has 17 nitrogen and oxygen atoms in total. The summed E-state index contributed by atoms with van der Waals surface area (Å²) < 4.78 is 21.8. The third kappa shape index (κ3) is 5.49. The lowest BCUT2D eigenvalue weighted by atomic mass is 9.98. The van der Waals surface area contributed by atoms with Gasteiger partial charge in [0.1, 0.15) is 34.7 Å². The maximum absolute atomic E-state index is 13.7. The number of benzene rings is 3. The summed E-state index contributed by atoms with van der Waals surface area (Å²) in [4.78, 5) is 38.4. The van der Waals surface area contributed by atoms with E-state index in [2.05, 4.69) is 0 Å². The topological polar surface area (TPSA) is 294 Å². The van der Waals surface area contributed by atoms with Gasteiger partial charge in [0.05, 0.1) is 5.56 Å². The molecule has 1 aromatic heterocycles. The molecule has 0 radical (unpaired) electrons. The minimum Gasteiger partial charge on any atom is -0.508 e. The van der Waals surface area contributed by atoms with Crippen LogP contribution in [0.5, 0.6) is 46.0 Å². The third-order valence-electron chi connectivity index (χ3n) is 6.73. The molecule has 3 aromatic carbocycles. The first kappa shape index (κ1) is 30.5. The van der Waals surface area contributed by atoms with Gasteiger partial charge in [-0.2, -0.15) is 0 Å². The number of ether oxygens (including phenoxy) is 3. The number of phenolic OH excluding ortho intramolecular Hbond substituents is 7. The second kappa shape index (κ2) is 11.3. The molecular formula is C28H22O17. The number of carboxylic acid groups (broad SMARTS) is 1. The van der Waals surface area contributed by atoms with E-state index in [0.29, 0.717) is 12.1 Å². The first-order valence-electron chi connectivity index (χ1n) is 12.6. The maximum Gasteiger partial charge on any atom is 0.339 e. The fourth-order valence-electron chi connectivity index (χ4n) is 4.52. The van der Waals surface area contributed by atoms with E-state index in [1.54, 1.807) is 0 Å². The molecule has 0 aliphatic carbocycles. The Hall–Kier alpha value is -5.91. The van der Waals surface area contributed by atoms with E-state index in [1.165, 1.54) is 0 Å². The van der Waals surface area contributed by atoms with Crippen molar-refractivity contribution in [1.82, 2.24) is 0 Å². The molecule has 5 unspecified atom stereocenters. The highest BCUT2D eigenvalue weighted by Crippen LogP contribution is 2.40. The van der Waals surface area contributed by atoms with Crippen LogP contribution in [-0.4, -0.2) is 93.7 Å². The molecule has 17 heteroatoms. The van der Waals surface area contributed by atoms with Crippen LogP contribution < -0.4 is 10.2 Å². The molecule has 45 heavy (non-hydrogen) atoms. The Morgan fingerprint density at radius 1 is 0.778 bits per heavy atom. The number of aliphatic hydroxyl groups is 2. The van der Waals surface area contributed by atoms with Crippen molar-refractivity contribution < 1.29 is 79.3 Å². The van der Waals surface area contributed by atoms with Gasteiger partial charge < -0.3 is 69.7 Å². The normalized spacial score (nSPS) is 21.3. The summed E-state index contributed by atoms with van der Waals surface area (Å²) in [5.74, 6) is -10.1. The number of hydrogen-bond acceptors (Lipinski definition) is 16. The predicted molar refractivity (Wildman–Crippen MR) is 144 cm³/mol. The molecule has 1 fully saturated rings. The number of aromatic hydroxyl groups is 7. The number of carboxylic acids is 1. The van der Waals surface area contributed by atoms with Gasteiger partial charge in [-0.15, -0.1) is 0 Å². The van der Waals surface area contributed by atoms with Gasteiger partial charge >= 0.3 is 11.9 Å². The summed E-state index contributed by atoms with van der Waals surface area (Å²) in [6.07, 6.45) is -11.1.